The Morgan fingerprint density at radius 1 is 1.02 bits per heavy atom. The summed E-state index contributed by atoms with van der Waals surface area (Å²) in [5, 5.41) is 2.59. The highest BCUT2D eigenvalue weighted by atomic mass is 19.4. The largest absolute Gasteiger partial charge is 0.416 e. The fraction of sp³-hybridized carbons (Fsp3) is 0.258. The number of aryl methyl sites for hydroxylation is 1. The van der Waals surface area contributed by atoms with Crippen molar-refractivity contribution in [1.82, 2.24) is 24.4 Å². The maximum atomic E-state index is 13.9. The van der Waals surface area contributed by atoms with Gasteiger partial charge < -0.3 is 16.8 Å². The van der Waals surface area contributed by atoms with Gasteiger partial charge >= 0.3 is 17.6 Å². The van der Waals surface area contributed by atoms with E-state index < -0.39 is 23.1 Å². The van der Waals surface area contributed by atoms with E-state index in [2.05, 4.69) is 15.3 Å². The Balaban J connectivity index is 1.50. The normalized spacial score (nSPS) is 14.1. The average molecular weight is 606 g/mol. The number of nitrogens with two attached hydrogens (primary N) is 2. The number of carbonyl (C=O) groups excluding carboxylic acids is 1. The predicted octanol–water partition coefficient (Wildman–Crippen LogP) is 4.11. The highest BCUT2D eigenvalue weighted by Gasteiger charge is 2.34. The summed E-state index contributed by atoms with van der Waals surface area (Å²) in [5.41, 5.74) is 11.6. The third kappa shape index (κ3) is 6.56. The number of carbonyl (C=O) groups is 1. The van der Waals surface area contributed by atoms with Crippen LogP contribution < -0.4 is 28.2 Å². The Morgan fingerprint density at radius 3 is 2.25 bits per heavy atom. The molecule has 5 rings (SSSR count). The number of anilines is 2. The van der Waals surface area contributed by atoms with Crippen LogP contribution in [-0.2, 0) is 17.5 Å². The summed E-state index contributed by atoms with van der Waals surface area (Å²) in [6, 6.07) is 10.4. The van der Waals surface area contributed by atoms with E-state index in [1.54, 1.807) is 31.2 Å². The van der Waals surface area contributed by atoms with E-state index in [1.807, 2.05) is 13.0 Å². The van der Waals surface area contributed by atoms with E-state index >= 15 is 0 Å². The molecule has 228 valence electrons. The summed E-state index contributed by atoms with van der Waals surface area (Å²) in [6.45, 7) is 3.40. The Morgan fingerprint density at radius 2 is 1.66 bits per heavy atom. The highest BCUT2D eigenvalue weighted by Crippen LogP contribution is 2.34. The Kier molecular flexibility index (Phi) is 8.13. The van der Waals surface area contributed by atoms with Crippen molar-refractivity contribution < 1.29 is 18.0 Å². The number of nitrogens with zero attached hydrogens (tertiary/aromatic N) is 4. The fourth-order valence-corrected chi connectivity index (χ4v) is 4.89. The predicted molar refractivity (Wildman–Crippen MR) is 160 cm³/mol. The lowest BCUT2D eigenvalue weighted by Crippen LogP contribution is -2.27. The SMILES string of the molecule is Cc1cc(C(C)/C=C/c2ccc(CNC(=O)C3CC3)c(C(F)(F)F)c2)cc(-n2ccc(N)nc2=O)c1-n1ccc(N)nc1=O. The molecule has 4 aromatic rings. The zero-order valence-electron chi connectivity index (χ0n) is 23.9. The quantitative estimate of drug-likeness (QED) is 0.273. The molecule has 1 saturated carbocycles. The number of aromatic nitrogens is 4. The van der Waals surface area contributed by atoms with Crippen LogP contribution in [0, 0.1) is 12.8 Å². The monoisotopic (exact) mass is 605 g/mol. The zero-order valence-corrected chi connectivity index (χ0v) is 23.9. The minimum atomic E-state index is -4.60. The van der Waals surface area contributed by atoms with Crippen molar-refractivity contribution in [2.45, 2.75) is 45.3 Å². The summed E-state index contributed by atoms with van der Waals surface area (Å²) in [4.78, 5) is 45.2. The third-order valence-corrected chi connectivity index (χ3v) is 7.40. The van der Waals surface area contributed by atoms with Crippen LogP contribution in [0.5, 0.6) is 0 Å². The summed E-state index contributed by atoms with van der Waals surface area (Å²) >= 11 is 0. The van der Waals surface area contributed by atoms with E-state index in [4.69, 9.17) is 11.5 Å². The van der Waals surface area contributed by atoms with Gasteiger partial charge in [-0.3, -0.25) is 13.9 Å². The first kappa shape index (κ1) is 30.3. The number of alkyl halides is 3. The van der Waals surface area contributed by atoms with E-state index in [9.17, 15) is 27.6 Å². The molecule has 0 aliphatic heterocycles. The maximum Gasteiger partial charge on any atom is 0.416 e. The van der Waals surface area contributed by atoms with Crippen LogP contribution in [0.3, 0.4) is 0 Å². The number of allylic oxidation sites excluding steroid dienone is 1. The first-order valence-corrected chi connectivity index (χ1v) is 13.8. The number of hydrogen-bond acceptors (Lipinski definition) is 7. The van der Waals surface area contributed by atoms with Gasteiger partial charge in [0.1, 0.15) is 11.6 Å². The molecule has 0 radical (unpaired) electrons. The van der Waals surface area contributed by atoms with Crippen molar-refractivity contribution in [2.75, 3.05) is 11.5 Å². The van der Waals surface area contributed by atoms with Gasteiger partial charge in [-0.15, -0.1) is 0 Å². The van der Waals surface area contributed by atoms with Crippen molar-refractivity contribution in [2.24, 2.45) is 5.92 Å². The van der Waals surface area contributed by atoms with Gasteiger partial charge in [-0.1, -0.05) is 37.3 Å². The average Bonchev–Trinajstić information content (AvgIpc) is 3.80. The lowest BCUT2D eigenvalue weighted by atomic mass is 9.95. The fourth-order valence-electron chi connectivity index (χ4n) is 4.89. The number of amides is 1. The number of nitrogen functional groups attached to an aromatic ring is 2. The lowest BCUT2D eigenvalue weighted by molar-refractivity contribution is -0.138. The topological polar surface area (TPSA) is 151 Å². The number of halogens is 3. The molecule has 44 heavy (non-hydrogen) atoms. The molecule has 0 bridgehead atoms. The van der Waals surface area contributed by atoms with E-state index in [-0.39, 0.29) is 41.5 Å². The second-order valence-corrected chi connectivity index (χ2v) is 10.8. The van der Waals surface area contributed by atoms with Crippen LogP contribution in [0.15, 0.2) is 70.5 Å². The van der Waals surface area contributed by atoms with E-state index in [0.717, 1.165) is 18.9 Å². The van der Waals surface area contributed by atoms with Crippen molar-refractivity contribution >= 4 is 23.6 Å². The highest BCUT2D eigenvalue weighted by molar-refractivity contribution is 5.80. The molecule has 2 aromatic carbocycles. The van der Waals surface area contributed by atoms with Gasteiger partial charge in [0.15, 0.2) is 0 Å². The number of rotatable bonds is 8. The summed E-state index contributed by atoms with van der Waals surface area (Å²) in [6.07, 6.45) is 3.13. The second kappa shape index (κ2) is 11.8. The molecule has 1 unspecified atom stereocenters. The molecule has 2 aromatic heterocycles. The first-order chi connectivity index (χ1) is 20.8. The van der Waals surface area contributed by atoms with Gasteiger partial charge in [-0.2, -0.15) is 23.1 Å². The van der Waals surface area contributed by atoms with E-state index in [0.29, 0.717) is 28.1 Å². The summed E-state index contributed by atoms with van der Waals surface area (Å²) in [5.74, 6) is -0.599. The Bertz CT molecular complexity index is 1890. The van der Waals surface area contributed by atoms with Crippen LogP contribution in [0.4, 0.5) is 24.8 Å². The van der Waals surface area contributed by atoms with Crippen molar-refractivity contribution in [3.63, 3.8) is 0 Å². The molecule has 1 aliphatic rings. The first-order valence-electron chi connectivity index (χ1n) is 13.8. The smallest absolute Gasteiger partial charge is 0.383 e. The summed E-state index contributed by atoms with van der Waals surface area (Å²) in [7, 11) is 0. The van der Waals surface area contributed by atoms with Gasteiger partial charge in [0.2, 0.25) is 5.91 Å². The molecule has 0 saturated heterocycles. The lowest BCUT2D eigenvalue weighted by Gasteiger charge is -2.19. The molecule has 1 atom stereocenters. The van der Waals surface area contributed by atoms with Gasteiger partial charge in [0, 0.05) is 24.9 Å². The van der Waals surface area contributed by atoms with Crippen LogP contribution in [0.2, 0.25) is 0 Å². The van der Waals surface area contributed by atoms with Gasteiger partial charge in [-0.25, -0.2) is 9.59 Å². The molecule has 2 heterocycles. The van der Waals surface area contributed by atoms with Gasteiger partial charge in [0.05, 0.1) is 16.9 Å². The van der Waals surface area contributed by atoms with Gasteiger partial charge in [0.25, 0.3) is 0 Å². The third-order valence-electron chi connectivity index (χ3n) is 7.40. The van der Waals surface area contributed by atoms with Crippen LogP contribution in [0.1, 0.15) is 53.5 Å². The molecule has 1 fully saturated rings. The van der Waals surface area contributed by atoms with Crippen molar-refractivity contribution in [3.05, 3.63) is 110 Å². The Labute approximate surface area is 249 Å². The Hall–Kier alpha value is -5.20. The zero-order chi connectivity index (χ0) is 31.8. The van der Waals surface area contributed by atoms with Crippen LogP contribution >= 0.6 is 0 Å². The molecule has 13 heteroatoms. The molecular weight excluding hydrogens is 575 g/mol. The second-order valence-electron chi connectivity index (χ2n) is 10.8. The number of hydrogen-bond donors (Lipinski definition) is 3. The number of nitrogens with one attached hydrogen (secondary N) is 1. The minimum absolute atomic E-state index is 0.0116. The molecule has 10 nitrogen and oxygen atoms in total. The molecular formula is C31H30F3N7O3. The maximum absolute atomic E-state index is 13.9. The van der Waals surface area contributed by atoms with Gasteiger partial charge in [-0.05, 0) is 72.2 Å². The standard InChI is InChI=1S/C31H30F3N7O3/c1-17(3-4-19-5-6-21(23(14-19)31(32,33)34)16-37-28(42)20-7-8-20)22-13-18(2)27(41-12-10-26(36)39-30(41)44)24(15-22)40-11-9-25(35)38-29(40)43/h3-6,9-15,17,20H,7-8,16H2,1-2H3,(H,37,42)(H2,35,38,43)(H2,36,39,44)/b4-3+. The molecule has 1 amide bonds. The summed E-state index contributed by atoms with van der Waals surface area (Å²) < 4.78 is 44.2. The van der Waals surface area contributed by atoms with E-state index in [1.165, 1.54) is 39.7 Å². The van der Waals surface area contributed by atoms with Crippen LogP contribution in [-0.4, -0.2) is 25.0 Å². The van der Waals surface area contributed by atoms with Crippen LogP contribution in [0.25, 0.3) is 17.5 Å². The molecule has 0 spiro atoms. The minimum Gasteiger partial charge on any atom is -0.383 e. The number of benzene rings is 2. The van der Waals surface area contributed by atoms with Crippen molar-refractivity contribution in [1.29, 1.82) is 0 Å². The molecule has 5 N–H and O–H groups in total. The van der Waals surface area contributed by atoms with Crippen molar-refractivity contribution in [3.8, 4) is 11.4 Å². The molecule has 1 aliphatic carbocycles.